The Hall–Kier alpha value is -1.07. The van der Waals surface area contributed by atoms with Gasteiger partial charge in [0, 0.05) is 11.1 Å². The van der Waals surface area contributed by atoms with Crippen LogP contribution in [-0.2, 0) is 10.0 Å². The molecule has 0 aliphatic rings. The summed E-state index contributed by atoms with van der Waals surface area (Å²) in [5.41, 5.74) is 4.28. The van der Waals surface area contributed by atoms with E-state index < -0.39 is 10.0 Å². The molecule has 0 amide bonds. The molecule has 0 aromatic heterocycles. The molecular formula is C17H19Cl2NO2S. The molecule has 1 N–H and O–H groups in total. The minimum atomic E-state index is -3.77. The van der Waals surface area contributed by atoms with Crippen molar-refractivity contribution < 1.29 is 8.42 Å². The third-order valence-corrected chi connectivity index (χ3v) is 6.12. The van der Waals surface area contributed by atoms with E-state index in [-0.39, 0.29) is 16.0 Å². The summed E-state index contributed by atoms with van der Waals surface area (Å²) in [6, 6.07) is 8.07. The Kier molecular flexibility index (Phi) is 5.41. The summed E-state index contributed by atoms with van der Waals surface area (Å²) in [6.07, 6.45) is 0. The summed E-state index contributed by atoms with van der Waals surface area (Å²) in [5, 5.41) is 0.468. The van der Waals surface area contributed by atoms with E-state index in [4.69, 9.17) is 23.2 Å². The molecule has 3 nitrogen and oxygen atoms in total. The van der Waals surface area contributed by atoms with Crippen LogP contribution >= 0.6 is 23.2 Å². The van der Waals surface area contributed by atoms with Crippen molar-refractivity contribution in [1.29, 1.82) is 0 Å². The standard InChI is InChI=1S/C17H19Cl2NO2S/c1-10-7-12(3)15(8-11(10)2)13(4)20-23(21,22)17-9-14(18)5-6-16(17)19/h5-9,13,20H,1-4H3/t13-/m0/s1. The average Bonchev–Trinajstić information content (AvgIpc) is 2.44. The van der Waals surface area contributed by atoms with Gasteiger partial charge in [0.1, 0.15) is 4.90 Å². The van der Waals surface area contributed by atoms with Crippen molar-refractivity contribution in [2.45, 2.75) is 38.6 Å². The molecular weight excluding hydrogens is 353 g/mol. The van der Waals surface area contributed by atoms with Crippen molar-refractivity contribution in [3.63, 3.8) is 0 Å². The zero-order chi connectivity index (χ0) is 17.4. The van der Waals surface area contributed by atoms with Crippen LogP contribution in [0.3, 0.4) is 0 Å². The van der Waals surface area contributed by atoms with Crippen LogP contribution < -0.4 is 4.72 Å². The van der Waals surface area contributed by atoms with Gasteiger partial charge in [-0.25, -0.2) is 13.1 Å². The third-order valence-electron chi connectivity index (χ3n) is 3.86. The fraction of sp³-hybridized carbons (Fsp3) is 0.294. The molecule has 23 heavy (non-hydrogen) atoms. The van der Waals surface area contributed by atoms with Crippen molar-refractivity contribution in [2.75, 3.05) is 0 Å². The van der Waals surface area contributed by atoms with Gasteiger partial charge in [-0.2, -0.15) is 0 Å². The molecule has 0 radical (unpaired) electrons. The van der Waals surface area contributed by atoms with Gasteiger partial charge in [-0.1, -0.05) is 35.3 Å². The summed E-state index contributed by atoms with van der Waals surface area (Å²) < 4.78 is 27.9. The van der Waals surface area contributed by atoms with E-state index in [1.807, 2.05) is 33.8 Å². The highest BCUT2D eigenvalue weighted by molar-refractivity contribution is 7.89. The number of hydrogen-bond acceptors (Lipinski definition) is 2. The maximum Gasteiger partial charge on any atom is 0.242 e. The van der Waals surface area contributed by atoms with Gasteiger partial charge in [0.2, 0.25) is 10.0 Å². The molecule has 0 aliphatic carbocycles. The highest BCUT2D eigenvalue weighted by atomic mass is 35.5. The second kappa shape index (κ2) is 6.81. The van der Waals surface area contributed by atoms with E-state index >= 15 is 0 Å². The quantitative estimate of drug-likeness (QED) is 0.825. The molecule has 0 saturated carbocycles. The van der Waals surface area contributed by atoms with Crippen LogP contribution in [0.4, 0.5) is 0 Å². The van der Waals surface area contributed by atoms with Gasteiger partial charge in [-0.05, 0) is 68.1 Å². The average molecular weight is 372 g/mol. The van der Waals surface area contributed by atoms with Crippen LogP contribution in [0.15, 0.2) is 35.2 Å². The molecule has 6 heteroatoms. The Bertz CT molecular complexity index is 848. The van der Waals surface area contributed by atoms with Crippen LogP contribution in [0.25, 0.3) is 0 Å². The summed E-state index contributed by atoms with van der Waals surface area (Å²) in [4.78, 5) is -0.0139. The van der Waals surface area contributed by atoms with Gasteiger partial charge in [0.05, 0.1) is 5.02 Å². The van der Waals surface area contributed by atoms with Gasteiger partial charge < -0.3 is 0 Å². The van der Waals surface area contributed by atoms with E-state index in [1.54, 1.807) is 6.07 Å². The molecule has 0 spiro atoms. The van der Waals surface area contributed by atoms with E-state index in [0.717, 1.165) is 16.7 Å². The van der Waals surface area contributed by atoms with Gasteiger partial charge in [0.15, 0.2) is 0 Å². The van der Waals surface area contributed by atoms with Crippen molar-refractivity contribution in [1.82, 2.24) is 4.72 Å². The normalized spacial score (nSPS) is 13.1. The lowest BCUT2D eigenvalue weighted by molar-refractivity contribution is 0.566. The largest absolute Gasteiger partial charge is 0.242 e. The van der Waals surface area contributed by atoms with E-state index in [0.29, 0.717) is 5.02 Å². The van der Waals surface area contributed by atoms with Crippen LogP contribution in [0.1, 0.15) is 35.2 Å². The minimum Gasteiger partial charge on any atom is -0.207 e. The molecule has 124 valence electrons. The Morgan fingerprint density at radius 2 is 1.57 bits per heavy atom. The molecule has 1 atom stereocenters. The Balaban J connectivity index is 2.37. The van der Waals surface area contributed by atoms with Gasteiger partial charge in [0.25, 0.3) is 0 Å². The first-order valence-corrected chi connectivity index (χ1v) is 9.41. The van der Waals surface area contributed by atoms with Gasteiger partial charge in [-0.3, -0.25) is 0 Å². The van der Waals surface area contributed by atoms with E-state index in [9.17, 15) is 8.42 Å². The predicted molar refractivity (Wildman–Crippen MR) is 95.9 cm³/mol. The first-order chi connectivity index (χ1) is 10.6. The fourth-order valence-electron chi connectivity index (χ4n) is 2.49. The first-order valence-electron chi connectivity index (χ1n) is 7.17. The molecule has 0 aliphatic heterocycles. The van der Waals surface area contributed by atoms with Crippen LogP contribution in [0.5, 0.6) is 0 Å². The minimum absolute atomic E-state index is 0.0139. The lowest BCUT2D eigenvalue weighted by atomic mass is 9.97. The monoisotopic (exact) mass is 371 g/mol. The van der Waals surface area contributed by atoms with Gasteiger partial charge in [-0.15, -0.1) is 0 Å². The number of rotatable bonds is 4. The van der Waals surface area contributed by atoms with Crippen LogP contribution in [0.2, 0.25) is 10.0 Å². The molecule has 2 rings (SSSR count). The smallest absolute Gasteiger partial charge is 0.207 e. The van der Waals surface area contributed by atoms with Crippen LogP contribution in [-0.4, -0.2) is 8.42 Å². The second-order valence-corrected chi connectivity index (χ2v) is 8.24. The molecule has 0 heterocycles. The zero-order valence-electron chi connectivity index (χ0n) is 13.4. The second-order valence-electron chi connectivity index (χ2n) is 5.71. The summed E-state index contributed by atoms with van der Waals surface area (Å²) >= 11 is 11.9. The number of nitrogens with one attached hydrogen (secondary N) is 1. The van der Waals surface area contributed by atoms with E-state index in [2.05, 4.69) is 10.8 Å². The van der Waals surface area contributed by atoms with E-state index in [1.165, 1.54) is 17.7 Å². The number of benzene rings is 2. The first kappa shape index (κ1) is 18.3. The molecule has 0 unspecified atom stereocenters. The Morgan fingerprint density at radius 3 is 2.22 bits per heavy atom. The number of halogens is 2. The third kappa shape index (κ3) is 4.07. The highest BCUT2D eigenvalue weighted by Gasteiger charge is 2.22. The predicted octanol–water partition coefficient (Wildman–Crippen LogP) is 4.96. The number of hydrogen-bond donors (Lipinski definition) is 1. The van der Waals surface area contributed by atoms with Gasteiger partial charge >= 0.3 is 0 Å². The van der Waals surface area contributed by atoms with Crippen molar-refractivity contribution >= 4 is 33.2 Å². The SMILES string of the molecule is Cc1cc(C)c([C@H](C)NS(=O)(=O)c2cc(Cl)ccc2Cl)cc1C. The number of sulfonamides is 1. The Labute approximate surface area is 147 Å². The van der Waals surface area contributed by atoms with Crippen LogP contribution in [0, 0.1) is 20.8 Å². The van der Waals surface area contributed by atoms with Crippen molar-refractivity contribution in [2.24, 2.45) is 0 Å². The molecule has 0 bridgehead atoms. The van der Waals surface area contributed by atoms with Crippen molar-refractivity contribution in [3.05, 3.63) is 62.6 Å². The summed E-state index contributed by atoms with van der Waals surface area (Å²) in [6.45, 7) is 7.83. The zero-order valence-corrected chi connectivity index (χ0v) is 15.8. The molecule has 0 saturated heterocycles. The topological polar surface area (TPSA) is 46.2 Å². The Morgan fingerprint density at radius 1 is 0.957 bits per heavy atom. The lowest BCUT2D eigenvalue weighted by Gasteiger charge is -2.19. The van der Waals surface area contributed by atoms with Crippen molar-refractivity contribution in [3.8, 4) is 0 Å². The maximum atomic E-state index is 12.6. The molecule has 2 aromatic rings. The summed E-state index contributed by atoms with van der Waals surface area (Å²) in [7, 11) is -3.77. The fourth-order valence-corrected chi connectivity index (χ4v) is 4.48. The maximum absolute atomic E-state index is 12.6. The summed E-state index contributed by atoms with van der Waals surface area (Å²) in [5.74, 6) is 0. The highest BCUT2D eigenvalue weighted by Crippen LogP contribution is 2.28. The number of aryl methyl sites for hydroxylation is 3. The lowest BCUT2D eigenvalue weighted by Crippen LogP contribution is -2.27. The molecule has 2 aromatic carbocycles. The molecule has 0 fully saturated rings.